The molecule has 118 valence electrons. The van der Waals surface area contributed by atoms with Gasteiger partial charge in [0, 0.05) is 39.1 Å². The van der Waals surface area contributed by atoms with Crippen molar-refractivity contribution in [2.75, 3.05) is 19.4 Å². The Balaban J connectivity index is 1.70. The molecule has 2 aromatic rings. The number of anilines is 1. The number of benzene rings is 1. The lowest BCUT2D eigenvalue weighted by molar-refractivity contribution is 0.0822. The van der Waals surface area contributed by atoms with Gasteiger partial charge in [0.15, 0.2) is 0 Å². The summed E-state index contributed by atoms with van der Waals surface area (Å²) in [5.41, 5.74) is 3.20. The Bertz CT molecular complexity index is 733. The molecule has 3 rings (SSSR count). The van der Waals surface area contributed by atoms with Crippen molar-refractivity contribution in [2.24, 2.45) is 0 Å². The van der Waals surface area contributed by atoms with Gasteiger partial charge in [0.1, 0.15) is 5.69 Å². The topological polar surface area (TPSA) is 65.5 Å². The minimum atomic E-state index is -0.199. The van der Waals surface area contributed by atoms with E-state index in [2.05, 4.69) is 10.3 Å². The fourth-order valence-electron chi connectivity index (χ4n) is 2.53. The van der Waals surface area contributed by atoms with E-state index in [1.807, 2.05) is 24.3 Å². The molecule has 2 heterocycles. The van der Waals surface area contributed by atoms with Crippen LogP contribution >= 0.6 is 0 Å². The van der Waals surface area contributed by atoms with Gasteiger partial charge in [0.2, 0.25) is 0 Å². The van der Waals surface area contributed by atoms with Crippen molar-refractivity contribution in [1.29, 1.82) is 0 Å². The summed E-state index contributed by atoms with van der Waals surface area (Å²) < 4.78 is 0. The normalized spacial score (nSPS) is 12.7. The molecule has 0 unspecified atom stereocenters. The van der Waals surface area contributed by atoms with Gasteiger partial charge in [-0.15, -0.1) is 0 Å². The molecular weight excluding hydrogens is 292 g/mol. The minimum Gasteiger partial charge on any atom is -0.343 e. The third-order valence-corrected chi connectivity index (χ3v) is 3.76. The van der Waals surface area contributed by atoms with E-state index in [0.29, 0.717) is 24.5 Å². The smallest absolute Gasteiger partial charge is 0.322 e. The van der Waals surface area contributed by atoms with E-state index in [9.17, 15) is 9.59 Å². The molecule has 0 fully saturated rings. The largest absolute Gasteiger partial charge is 0.343 e. The maximum atomic E-state index is 12.4. The number of hydrogen-bond donors (Lipinski definition) is 1. The van der Waals surface area contributed by atoms with Gasteiger partial charge in [0.05, 0.1) is 0 Å². The average molecular weight is 310 g/mol. The third-order valence-electron chi connectivity index (χ3n) is 3.76. The highest BCUT2D eigenvalue weighted by Crippen LogP contribution is 2.23. The van der Waals surface area contributed by atoms with Crippen LogP contribution in [0.2, 0.25) is 0 Å². The van der Waals surface area contributed by atoms with Gasteiger partial charge in [-0.05, 0) is 23.3 Å². The first-order valence-electron chi connectivity index (χ1n) is 7.35. The highest BCUT2D eigenvalue weighted by Gasteiger charge is 2.23. The summed E-state index contributed by atoms with van der Waals surface area (Å²) in [6, 6.07) is 11.1. The second kappa shape index (κ2) is 6.08. The molecule has 0 saturated heterocycles. The second-order valence-electron chi connectivity index (χ2n) is 5.68. The molecule has 1 aliphatic heterocycles. The molecule has 6 nitrogen and oxygen atoms in total. The van der Waals surface area contributed by atoms with Crippen molar-refractivity contribution in [1.82, 2.24) is 14.8 Å². The molecule has 1 aliphatic rings. The molecule has 1 aromatic heterocycles. The van der Waals surface area contributed by atoms with Gasteiger partial charge in [0.25, 0.3) is 5.91 Å². The molecule has 0 radical (unpaired) electrons. The number of nitrogens with zero attached hydrogens (tertiary/aromatic N) is 3. The van der Waals surface area contributed by atoms with Gasteiger partial charge < -0.3 is 15.1 Å². The fourth-order valence-corrected chi connectivity index (χ4v) is 2.53. The van der Waals surface area contributed by atoms with E-state index in [4.69, 9.17) is 0 Å². The van der Waals surface area contributed by atoms with Crippen molar-refractivity contribution in [3.8, 4) is 0 Å². The standard InChI is InChI=1S/C17H18N4O2/c1-20(2)16(22)15-9-14(7-8-18-15)19-17(23)21-10-12-5-3-4-6-13(12)11-21/h3-9H,10-11H2,1-2H3,(H,18,19,23). The average Bonchev–Trinajstić information content (AvgIpc) is 2.98. The van der Waals surface area contributed by atoms with Crippen LogP contribution in [-0.4, -0.2) is 40.8 Å². The number of amides is 3. The number of pyridine rings is 1. The zero-order valence-corrected chi connectivity index (χ0v) is 13.1. The molecule has 1 N–H and O–H groups in total. The lowest BCUT2D eigenvalue weighted by Gasteiger charge is -2.17. The number of rotatable bonds is 2. The van der Waals surface area contributed by atoms with Crippen LogP contribution < -0.4 is 5.32 Å². The number of urea groups is 1. The number of carbonyl (C=O) groups excluding carboxylic acids is 2. The summed E-state index contributed by atoms with van der Waals surface area (Å²) in [4.78, 5) is 31.6. The van der Waals surface area contributed by atoms with Crippen LogP contribution in [-0.2, 0) is 13.1 Å². The first-order valence-corrected chi connectivity index (χ1v) is 7.35. The molecule has 23 heavy (non-hydrogen) atoms. The van der Waals surface area contributed by atoms with Gasteiger partial charge in [-0.3, -0.25) is 9.78 Å². The van der Waals surface area contributed by atoms with Crippen LogP contribution in [0.4, 0.5) is 10.5 Å². The highest BCUT2D eigenvalue weighted by atomic mass is 16.2. The van der Waals surface area contributed by atoms with Crippen LogP contribution in [0.3, 0.4) is 0 Å². The van der Waals surface area contributed by atoms with Crippen molar-refractivity contribution in [3.63, 3.8) is 0 Å². The Kier molecular flexibility index (Phi) is 3.97. The maximum Gasteiger partial charge on any atom is 0.322 e. The summed E-state index contributed by atoms with van der Waals surface area (Å²) in [5, 5.41) is 2.83. The molecular formula is C17H18N4O2. The first kappa shape index (κ1) is 15.0. The molecule has 0 atom stereocenters. The van der Waals surface area contributed by atoms with Crippen LogP contribution in [0.5, 0.6) is 0 Å². The fraction of sp³-hybridized carbons (Fsp3) is 0.235. The molecule has 0 saturated carbocycles. The van der Waals surface area contributed by atoms with Crippen LogP contribution in [0.25, 0.3) is 0 Å². The Morgan fingerprint density at radius 1 is 1.13 bits per heavy atom. The van der Waals surface area contributed by atoms with E-state index in [1.54, 1.807) is 31.1 Å². The first-order chi connectivity index (χ1) is 11.0. The Morgan fingerprint density at radius 3 is 2.39 bits per heavy atom. The Labute approximate surface area is 134 Å². The van der Waals surface area contributed by atoms with Crippen molar-refractivity contribution < 1.29 is 9.59 Å². The molecule has 6 heteroatoms. The summed E-state index contributed by atoms with van der Waals surface area (Å²) >= 11 is 0. The van der Waals surface area contributed by atoms with Crippen LogP contribution in [0.1, 0.15) is 21.6 Å². The lowest BCUT2D eigenvalue weighted by atomic mass is 10.1. The molecule has 0 spiro atoms. The summed E-state index contributed by atoms with van der Waals surface area (Å²) in [6.07, 6.45) is 1.52. The zero-order valence-electron chi connectivity index (χ0n) is 13.1. The van der Waals surface area contributed by atoms with Crippen LogP contribution in [0.15, 0.2) is 42.6 Å². The van der Waals surface area contributed by atoms with E-state index >= 15 is 0 Å². The zero-order chi connectivity index (χ0) is 16.4. The molecule has 3 amide bonds. The van der Waals surface area contributed by atoms with Gasteiger partial charge in [-0.1, -0.05) is 24.3 Å². The van der Waals surface area contributed by atoms with E-state index in [1.165, 1.54) is 22.2 Å². The van der Waals surface area contributed by atoms with Gasteiger partial charge >= 0.3 is 6.03 Å². The van der Waals surface area contributed by atoms with Crippen molar-refractivity contribution >= 4 is 17.6 Å². The number of carbonyl (C=O) groups is 2. The monoisotopic (exact) mass is 310 g/mol. The van der Waals surface area contributed by atoms with Gasteiger partial charge in [-0.25, -0.2) is 4.79 Å². The number of nitrogens with one attached hydrogen (secondary N) is 1. The quantitative estimate of drug-likeness (QED) is 0.926. The molecule has 1 aromatic carbocycles. The van der Waals surface area contributed by atoms with Crippen LogP contribution in [0, 0.1) is 0 Å². The number of hydrogen-bond acceptors (Lipinski definition) is 3. The number of aromatic nitrogens is 1. The predicted octanol–water partition coefficient (Wildman–Crippen LogP) is 2.33. The molecule has 0 bridgehead atoms. The van der Waals surface area contributed by atoms with E-state index < -0.39 is 0 Å². The third kappa shape index (κ3) is 3.15. The summed E-state index contributed by atoms with van der Waals surface area (Å²) in [5.74, 6) is -0.199. The van der Waals surface area contributed by atoms with Crippen molar-refractivity contribution in [2.45, 2.75) is 13.1 Å². The Morgan fingerprint density at radius 2 is 1.78 bits per heavy atom. The van der Waals surface area contributed by atoms with Gasteiger partial charge in [-0.2, -0.15) is 0 Å². The lowest BCUT2D eigenvalue weighted by Crippen LogP contribution is -2.30. The predicted molar refractivity (Wildman–Crippen MR) is 87.0 cm³/mol. The maximum absolute atomic E-state index is 12.4. The second-order valence-corrected chi connectivity index (χ2v) is 5.68. The van der Waals surface area contributed by atoms with Crippen molar-refractivity contribution in [3.05, 3.63) is 59.4 Å². The molecule has 0 aliphatic carbocycles. The summed E-state index contributed by atoms with van der Waals surface area (Å²) in [7, 11) is 3.33. The highest BCUT2D eigenvalue weighted by molar-refractivity contribution is 5.95. The van der Waals surface area contributed by atoms with E-state index in [-0.39, 0.29) is 11.9 Å². The Hall–Kier alpha value is -2.89. The minimum absolute atomic E-state index is 0.185. The van der Waals surface area contributed by atoms with E-state index in [0.717, 1.165) is 0 Å². The SMILES string of the molecule is CN(C)C(=O)c1cc(NC(=O)N2Cc3ccccc3C2)ccn1. The summed E-state index contributed by atoms with van der Waals surface area (Å²) in [6.45, 7) is 1.19. The number of fused-ring (bicyclic) bond motifs is 1.